The molecule has 0 atom stereocenters. The molecule has 0 bridgehead atoms. The van der Waals surface area contributed by atoms with E-state index in [1.807, 2.05) is 30.3 Å². The van der Waals surface area contributed by atoms with E-state index in [-0.39, 0.29) is 0 Å². The van der Waals surface area contributed by atoms with Gasteiger partial charge in [0.25, 0.3) is 0 Å². The monoisotopic (exact) mass is 195 g/mol. The van der Waals surface area contributed by atoms with Gasteiger partial charge in [0.1, 0.15) is 5.75 Å². The number of thiocarbonyl (C=S) groups is 1. The topological polar surface area (TPSA) is 35.2 Å². The Labute approximate surface area is 83.7 Å². The average Bonchev–Trinajstić information content (AvgIpc) is 2.14. The predicted molar refractivity (Wildman–Crippen MR) is 58.0 cm³/mol. The molecule has 3 heteroatoms. The highest BCUT2D eigenvalue weighted by Gasteiger charge is 1.92. The normalized spacial score (nSPS) is 9.54. The van der Waals surface area contributed by atoms with E-state index in [0.717, 1.165) is 18.6 Å². The zero-order valence-electron chi connectivity index (χ0n) is 7.40. The molecular formula is C10H13NOS. The fraction of sp³-hybridized carbons (Fsp3) is 0.300. The third-order valence-corrected chi connectivity index (χ3v) is 1.78. The van der Waals surface area contributed by atoms with Gasteiger partial charge in [0.2, 0.25) is 0 Å². The molecule has 1 rings (SSSR count). The van der Waals surface area contributed by atoms with Crippen LogP contribution in [0.25, 0.3) is 0 Å². The van der Waals surface area contributed by atoms with Crippen LogP contribution >= 0.6 is 12.2 Å². The van der Waals surface area contributed by atoms with Crippen LogP contribution in [0.2, 0.25) is 0 Å². The summed E-state index contributed by atoms with van der Waals surface area (Å²) in [6.45, 7) is 0.668. The highest BCUT2D eigenvalue weighted by Crippen LogP contribution is 2.08. The summed E-state index contributed by atoms with van der Waals surface area (Å²) in [4.78, 5) is 0.552. The molecule has 1 aromatic rings. The Kier molecular flexibility index (Phi) is 4.26. The molecule has 0 radical (unpaired) electrons. The molecule has 70 valence electrons. The third-order valence-electron chi connectivity index (χ3n) is 1.58. The number of ether oxygens (including phenoxy) is 1. The second-order valence-electron chi connectivity index (χ2n) is 2.73. The van der Waals surface area contributed by atoms with E-state index >= 15 is 0 Å². The van der Waals surface area contributed by atoms with Gasteiger partial charge in [-0.1, -0.05) is 30.4 Å². The Hall–Kier alpha value is -1.09. The molecule has 0 aliphatic rings. The summed E-state index contributed by atoms with van der Waals surface area (Å²) in [5.74, 6) is 0.894. The number of para-hydroxylation sites is 1. The lowest BCUT2D eigenvalue weighted by atomic mass is 10.3. The SMILES string of the molecule is NC(=S)CCCOc1ccccc1. The molecule has 0 saturated heterocycles. The molecule has 0 aromatic heterocycles. The van der Waals surface area contributed by atoms with E-state index in [1.165, 1.54) is 0 Å². The minimum atomic E-state index is 0.552. The Morgan fingerprint density at radius 1 is 1.31 bits per heavy atom. The van der Waals surface area contributed by atoms with Crippen molar-refractivity contribution in [1.82, 2.24) is 0 Å². The lowest BCUT2D eigenvalue weighted by molar-refractivity contribution is 0.314. The van der Waals surface area contributed by atoms with Crippen molar-refractivity contribution in [1.29, 1.82) is 0 Å². The van der Waals surface area contributed by atoms with Crippen molar-refractivity contribution in [2.45, 2.75) is 12.8 Å². The Bertz CT molecular complexity index is 261. The Balaban J connectivity index is 2.17. The van der Waals surface area contributed by atoms with Gasteiger partial charge in [-0.25, -0.2) is 0 Å². The fourth-order valence-electron chi connectivity index (χ4n) is 0.953. The summed E-state index contributed by atoms with van der Waals surface area (Å²) in [5, 5.41) is 0. The second-order valence-corrected chi connectivity index (χ2v) is 3.26. The van der Waals surface area contributed by atoms with Gasteiger partial charge in [-0.15, -0.1) is 0 Å². The molecule has 0 aliphatic heterocycles. The minimum absolute atomic E-state index is 0.552. The van der Waals surface area contributed by atoms with E-state index in [0.29, 0.717) is 11.6 Å². The maximum absolute atomic E-state index is 5.44. The smallest absolute Gasteiger partial charge is 0.119 e. The van der Waals surface area contributed by atoms with E-state index in [4.69, 9.17) is 22.7 Å². The number of nitrogens with two attached hydrogens (primary N) is 1. The second kappa shape index (κ2) is 5.54. The molecule has 13 heavy (non-hydrogen) atoms. The van der Waals surface area contributed by atoms with Crippen molar-refractivity contribution in [3.63, 3.8) is 0 Å². The maximum Gasteiger partial charge on any atom is 0.119 e. The van der Waals surface area contributed by atoms with Crippen LogP contribution in [-0.4, -0.2) is 11.6 Å². The number of rotatable bonds is 5. The van der Waals surface area contributed by atoms with E-state index in [2.05, 4.69) is 0 Å². The summed E-state index contributed by atoms with van der Waals surface area (Å²) < 4.78 is 5.44. The first-order valence-corrected chi connectivity index (χ1v) is 4.66. The van der Waals surface area contributed by atoms with Crippen LogP contribution < -0.4 is 10.5 Å². The summed E-state index contributed by atoms with van der Waals surface area (Å²) in [6.07, 6.45) is 1.63. The molecule has 0 spiro atoms. The first-order valence-electron chi connectivity index (χ1n) is 4.25. The van der Waals surface area contributed by atoms with Gasteiger partial charge in [-0.2, -0.15) is 0 Å². The molecule has 0 saturated carbocycles. The molecule has 2 nitrogen and oxygen atoms in total. The summed E-state index contributed by atoms with van der Waals surface area (Å²) in [7, 11) is 0. The van der Waals surface area contributed by atoms with E-state index in [1.54, 1.807) is 0 Å². The molecule has 0 aliphatic carbocycles. The van der Waals surface area contributed by atoms with Crippen LogP contribution in [0.15, 0.2) is 30.3 Å². The minimum Gasteiger partial charge on any atom is -0.494 e. The van der Waals surface area contributed by atoms with Crippen molar-refractivity contribution in [3.05, 3.63) is 30.3 Å². The van der Waals surface area contributed by atoms with Crippen molar-refractivity contribution in [2.75, 3.05) is 6.61 Å². The molecule has 1 aromatic carbocycles. The highest BCUT2D eigenvalue weighted by molar-refractivity contribution is 7.80. The highest BCUT2D eigenvalue weighted by atomic mass is 32.1. The molecular weight excluding hydrogens is 182 g/mol. The van der Waals surface area contributed by atoms with Gasteiger partial charge in [0.15, 0.2) is 0 Å². The van der Waals surface area contributed by atoms with E-state index < -0.39 is 0 Å². The summed E-state index contributed by atoms with van der Waals surface area (Å²) in [6, 6.07) is 9.72. The van der Waals surface area contributed by atoms with Gasteiger partial charge in [-0.05, 0) is 18.6 Å². The van der Waals surface area contributed by atoms with Crippen LogP contribution in [0.5, 0.6) is 5.75 Å². The fourth-order valence-corrected chi connectivity index (χ4v) is 1.10. The molecule has 0 heterocycles. The van der Waals surface area contributed by atoms with E-state index in [9.17, 15) is 0 Å². The summed E-state index contributed by atoms with van der Waals surface area (Å²) >= 11 is 4.75. The number of hydrogen-bond acceptors (Lipinski definition) is 2. The standard InChI is InChI=1S/C10H13NOS/c11-10(13)7-4-8-12-9-5-2-1-3-6-9/h1-3,5-6H,4,7-8H2,(H2,11,13). The van der Waals surface area contributed by atoms with Crippen LogP contribution in [0.3, 0.4) is 0 Å². The van der Waals surface area contributed by atoms with Gasteiger partial charge in [-0.3, -0.25) is 0 Å². The third kappa shape index (κ3) is 4.48. The zero-order valence-corrected chi connectivity index (χ0v) is 8.22. The maximum atomic E-state index is 5.44. The number of benzene rings is 1. The van der Waals surface area contributed by atoms with Crippen LogP contribution in [0.4, 0.5) is 0 Å². The quantitative estimate of drug-likeness (QED) is 0.577. The average molecular weight is 195 g/mol. The summed E-state index contributed by atoms with van der Waals surface area (Å²) in [5.41, 5.74) is 5.35. The largest absolute Gasteiger partial charge is 0.494 e. The zero-order chi connectivity index (χ0) is 9.52. The van der Waals surface area contributed by atoms with Gasteiger partial charge < -0.3 is 10.5 Å². The van der Waals surface area contributed by atoms with Gasteiger partial charge in [0.05, 0.1) is 11.6 Å². The van der Waals surface area contributed by atoms with Crippen molar-refractivity contribution in [2.24, 2.45) is 5.73 Å². The lowest BCUT2D eigenvalue weighted by Crippen LogP contribution is -2.09. The van der Waals surface area contributed by atoms with Crippen molar-refractivity contribution in [3.8, 4) is 5.75 Å². The first-order chi connectivity index (χ1) is 6.29. The van der Waals surface area contributed by atoms with Crippen LogP contribution in [0.1, 0.15) is 12.8 Å². The molecule has 0 amide bonds. The molecule has 0 fully saturated rings. The van der Waals surface area contributed by atoms with Crippen molar-refractivity contribution < 1.29 is 4.74 Å². The predicted octanol–water partition coefficient (Wildman–Crippen LogP) is 2.13. The van der Waals surface area contributed by atoms with Crippen molar-refractivity contribution >= 4 is 17.2 Å². The lowest BCUT2D eigenvalue weighted by Gasteiger charge is -2.04. The van der Waals surface area contributed by atoms with Gasteiger partial charge >= 0.3 is 0 Å². The number of hydrogen-bond donors (Lipinski definition) is 1. The first kappa shape index (κ1) is 9.99. The van der Waals surface area contributed by atoms with Crippen LogP contribution in [-0.2, 0) is 0 Å². The van der Waals surface area contributed by atoms with Crippen LogP contribution in [0, 0.1) is 0 Å². The molecule has 2 N–H and O–H groups in total. The molecule has 0 unspecified atom stereocenters. The Morgan fingerprint density at radius 2 is 2.00 bits per heavy atom. The Morgan fingerprint density at radius 3 is 2.62 bits per heavy atom. The van der Waals surface area contributed by atoms with Gasteiger partial charge in [0, 0.05) is 6.42 Å².